The number of carbonyl (C=O) groups excluding carboxylic acids is 1. The van der Waals surface area contributed by atoms with E-state index in [9.17, 15) is 4.79 Å². The van der Waals surface area contributed by atoms with E-state index in [1.165, 1.54) is 25.8 Å². The lowest BCUT2D eigenvalue weighted by Gasteiger charge is -2.33. The highest BCUT2D eigenvalue weighted by molar-refractivity contribution is 5.97. The fourth-order valence-electron chi connectivity index (χ4n) is 3.74. The van der Waals surface area contributed by atoms with Crippen LogP contribution >= 0.6 is 0 Å². The third-order valence-electron chi connectivity index (χ3n) is 5.93. The van der Waals surface area contributed by atoms with Gasteiger partial charge in [-0.1, -0.05) is 6.42 Å². The summed E-state index contributed by atoms with van der Waals surface area (Å²) in [5.41, 5.74) is 0.0382. The van der Waals surface area contributed by atoms with Crippen molar-refractivity contribution < 1.29 is 14.3 Å². The van der Waals surface area contributed by atoms with Crippen LogP contribution < -0.4 is 10.1 Å². The number of hydrogen-bond acceptors (Lipinski definition) is 4. The summed E-state index contributed by atoms with van der Waals surface area (Å²) in [4.78, 5) is 15.0. The third-order valence-corrected chi connectivity index (χ3v) is 5.93. The maximum Gasteiger partial charge on any atom is 0.256 e. The molecule has 1 N–H and O–H groups in total. The maximum atomic E-state index is 12.5. The van der Waals surface area contributed by atoms with Gasteiger partial charge in [-0.3, -0.25) is 9.69 Å². The van der Waals surface area contributed by atoms with Crippen molar-refractivity contribution in [3.05, 3.63) is 24.3 Å². The molecule has 5 nitrogen and oxygen atoms in total. The summed E-state index contributed by atoms with van der Waals surface area (Å²) in [7, 11) is 1.61. The molecule has 2 aliphatic rings. The maximum absolute atomic E-state index is 12.5. The molecule has 1 aliphatic heterocycles. The average molecular weight is 360 g/mol. The van der Waals surface area contributed by atoms with Crippen molar-refractivity contribution in [2.75, 3.05) is 32.1 Å². The molecule has 0 bridgehead atoms. The minimum absolute atomic E-state index is 0.0738. The molecular weight excluding hydrogens is 328 g/mol. The van der Waals surface area contributed by atoms with Crippen molar-refractivity contribution in [1.29, 1.82) is 0 Å². The van der Waals surface area contributed by atoms with Crippen molar-refractivity contribution >= 4 is 11.6 Å². The third kappa shape index (κ3) is 4.57. The lowest BCUT2D eigenvalue weighted by Crippen LogP contribution is -2.44. The van der Waals surface area contributed by atoms with Gasteiger partial charge in [0, 0.05) is 25.4 Å². The first-order valence-electron chi connectivity index (χ1n) is 9.86. The first-order valence-corrected chi connectivity index (χ1v) is 9.86. The van der Waals surface area contributed by atoms with Gasteiger partial charge in [-0.05, 0) is 76.3 Å². The number of methoxy groups -OCH3 is 1. The number of likely N-dealkylation sites (tertiary alicyclic amines) is 1. The minimum Gasteiger partial charge on any atom is -0.492 e. The van der Waals surface area contributed by atoms with Crippen molar-refractivity contribution in [3.8, 4) is 5.75 Å². The fourth-order valence-corrected chi connectivity index (χ4v) is 3.74. The van der Waals surface area contributed by atoms with Crippen molar-refractivity contribution in [1.82, 2.24) is 4.90 Å². The second-order valence-electron chi connectivity index (χ2n) is 7.79. The Hall–Kier alpha value is -1.59. The molecule has 0 unspecified atom stereocenters. The van der Waals surface area contributed by atoms with Crippen LogP contribution in [0.4, 0.5) is 5.69 Å². The molecule has 5 heteroatoms. The van der Waals surface area contributed by atoms with E-state index in [1.54, 1.807) is 7.11 Å². The zero-order chi connectivity index (χ0) is 18.6. The van der Waals surface area contributed by atoms with E-state index in [2.05, 4.69) is 17.1 Å². The number of amides is 1. The van der Waals surface area contributed by atoms with Crippen LogP contribution in [0.2, 0.25) is 0 Å². The Kier molecular flexibility index (Phi) is 6.20. The highest BCUT2D eigenvalue weighted by atomic mass is 16.5. The molecule has 0 radical (unpaired) electrons. The van der Waals surface area contributed by atoms with Gasteiger partial charge < -0.3 is 14.8 Å². The Morgan fingerprint density at radius 1 is 1.23 bits per heavy atom. The predicted molar refractivity (Wildman–Crippen MR) is 104 cm³/mol. The Morgan fingerprint density at radius 3 is 2.58 bits per heavy atom. The molecule has 2 fully saturated rings. The van der Waals surface area contributed by atoms with Gasteiger partial charge in [-0.15, -0.1) is 0 Å². The first kappa shape index (κ1) is 19.2. The minimum atomic E-state index is -0.736. The van der Waals surface area contributed by atoms with Gasteiger partial charge in [0.15, 0.2) is 0 Å². The summed E-state index contributed by atoms with van der Waals surface area (Å²) < 4.78 is 11.4. The number of benzene rings is 1. The number of rotatable bonds is 8. The molecule has 1 saturated heterocycles. The first-order chi connectivity index (χ1) is 12.5. The van der Waals surface area contributed by atoms with Crippen molar-refractivity contribution in [2.45, 2.75) is 57.6 Å². The highest BCUT2D eigenvalue weighted by Crippen LogP contribution is 2.42. The molecule has 1 saturated carbocycles. The number of nitrogens with zero attached hydrogens (tertiary/aromatic N) is 1. The Balaban J connectivity index is 1.46. The summed E-state index contributed by atoms with van der Waals surface area (Å²) in [6, 6.07) is 8.26. The summed E-state index contributed by atoms with van der Waals surface area (Å²) in [5, 5.41) is 2.97. The zero-order valence-corrected chi connectivity index (χ0v) is 16.3. The lowest BCUT2D eigenvalue weighted by atomic mass is 9.99. The number of ether oxygens (including phenoxy) is 2. The molecule has 1 aromatic rings. The van der Waals surface area contributed by atoms with Gasteiger partial charge in [0.2, 0.25) is 0 Å². The van der Waals surface area contributed by atoms with E-state index < -0.39 is 5.60 Å². The number of hydrogen-bond donors (Lipinski definition) is 1. The summed E-state index contributed by atoms with van der Waals surface area (Å²) in [6.45, 7) is 7.01. The van der Waals surface area contributed by atoms with Crippen LogP contribution in [0.3, 0.4) is 0 Å². The smallest absolute Gasteiger partial charge is 0.256 e. The van der Waals surface area contributed by atoms with Gasteiger partial charge in [-0.25, -0.2) is 0 Å². The Morgan fingerprint density at radius 2 is 1.96 bits per heavy atom. The van der Waals surface area contributed by atoms with Crippen LogP contribution in [0, 0.1) is 5.92 Å². The summed E-state index contributed by atoms with van der Waals surface area (Å²) >= 11 is 0. The Bertz CT molecular complexity index is 600. The summed E-state index contributed by atoms with van der Waals surface area (Å²) in [6.07, 6.45) is 6.03. The molecule has 1 heterocycles. The van der Waals surface area contributed by atoms with Crippen LogP contribution in [0.5, 0.6) is 5.75 Å². The number of nitrogens with one attached hydrogen (secondary N) is 1. The molecule has 1 aromatic carbocycles. The average Bonchev–Trinajstić information content (AvgIpc) is 3.49. The lowest BCUT2D eigenvalue weighted by molar-refractivity contribution is -0.138. The van der Waals surface area contributed by atoms with Gasteiger partial charge in [-0.2, -0.15) is 0 Å². The van der Waals surface area contributed by atoms with Crippen LogP contribution in [0.15, 0.2) is 24.3 Å². The highest BCUT2D eigenvalue weighted by Gasteiger charge is 2.47. The van der Waals surface area contributed by atoms with Crippen LogP contribution in [0.25, 0.3) is 0 Å². The molecule has 26 heavy (non-hydrogen) atoms. The molecule has 1 aliphatic carbocycles. The SMILES string of the molecule is CO[C@@](C)(C(=O)Nc1ccc(OCCN2CCCC[C@@H]2C)cc1)C1CC1. The fraction of sp³-hybridized carbons (Fsp3) is 0.667. The number of anilines is 1. The molecule has 2 atom stereocenters. The normalized spacial score (nSPS) is 23.3. The monoisotopic (exact) mass is 360 g/mol. The van der Waals surface area contributed by atoms with E-state index in [1.807, 2.05) is 31.2 Å². The van der Waals surface area contributed by atoms with Crippen LogP contribution in [0.1, 0.15) is 46.0 Å². The van der Waals surface area contributed by atoms with Crippen LogP contribution in [-0.4, -0.2) is 49.3 Å². The van der Waals surface area contributed by atoms with Gasteiger partial charge in [0.1, 0.15) is 18.0 Å². The number of carbonyl (C=O) groups is 1. The van der Waals surface area contributed by atoms with E-state index in [4.69, 9.17) is 9.47 Å². The Labute approximate surface area is 157 Å². The second-order valence-corrected chi connectivity index (χ2v) is 7.79. The quantitative estimate of drug-likeness (QED) is 0.768. The van der Waals surface area contributed by atoms with E-state index in [0.29, 0.717) is 18.6 Å². The van der Waals surface area contributed by atoms with E-state index in [0.717, 1.165) is 30.8 Å². The van der Waals surface area contributed by atoms with Gasteiger partial charge in [0.05, 0.1) is 0 Å². The molecule has 0 aromatic heterocycles. The van der Waals surface area contributed by atoms with Crippen molar-refractivity contribution in [3.63, 3.8) is 0 Å². The molecule has 144 valence electrons. The molecule has 0 spiro atoms. The molecular formula is C21H32N2O3. The second kappa shape index (κ2) is 8.40. The van der Waals surface area contributed by atoms with Crippen LogP contribution in [-0.2, 0) is 9.53 Å². The summed E-state index contributed by atoms with van der Waals surface area (Å²) in [5.74, 6) is 1.09. The zero-order valence-electron chi connectivity index (χ0n) is 16.3. The van der Waals surface area contributed by atoms with E-state index in [-0.39, 0.29) is 5.91 Å². The van der Waals surface area contributed by atoms with E-state index >= 15 is 0 Å². The number of piperidine rings is 1. The predicted octanol–water partition coefficient (Wildman–Crippen LogP) is 3.69. The van der Waals surface area contributed by atoms with Gasteiger partial charge >= 0.3 is 0 Å². The topological polar surface area (TPSA) is 50.8 Å². The standard InChI is InChI=1S/C21H32N2O3/c1-16-6-4-5-13-23(16)14-15-26-19-11-9-18(10-12-19)22-20(24)21(2,25-3)17-7-8-17/h9-12,16-17H,4-8,13-15H2,1-3H3,(H,22,24)/t16-,21+/m0/s1. The van der Waals surface area contributed by atoms with Crippen molar-refractivity contribution in [2.24, 2.45) is 5.92 Å². The van der Waals surface area contributed by atoms with Gasteiger partial charge in [0.25, 0.3) is 5.91 Å². The molecule has 1 amide bonds. The molecule has 3 rings (SSSR count). The largest absolute Gasteiger partial charge is 0.492 e.